The Labute approximate surface area is 121 Å². The summed E-state index contributed by atoms with van der Waals surface area (Å²) in [6, 6.07) is 4.69. The Hall–Kier alpha value is -1.63. The second-order valence-corrected chi connectivity index (χ2v) is 4.95. The minimum atomic E-state index is -0.413. The molecule has 1 N–H and O–H groups in total. The van der Waals surface area contributed by atoms with Crippen molar-refractivity contribution < 1.29 is 9.21 Å². The molecule has 0 fully saturated rings. The van der Waals surface area contributed by atoms with E-state index in [0.717, 1.165) is 11.7 Å². The van der Waals surface area contributed by atoms with Crippen LogP contribution in [0.15, 0.2) is 28.9 Å². The zero-order chi connectivity index (χ0) is 13.4. The Morgan fingerprint density at radius 2 is 2.05 bits per heavy atom. The van der Waals surface area contributed by atoms with Crippen LogP contribution in [0.5, 0.6) is 0 Å². The molecule has 2 aromatic heterocycles. The molecule has 8 heteroatoms. The number of hydrogen-bond acceptors (Lipinski definition) is 5. The van der Waals surface area contributed by atoms with Gasteiger partial charge >= 0.3 is 0 Å². The highest BCUT2D eigenvalue weighted by atomic mass is 35.5. The van der Waals surface area contributed by atoms with E-state index in [1.54, 1.807) is 12.1 Å². The first-order valence-corrected chi connectivity index (χ1v) is 6.60. The third-order valence-electron chi connectivity index (χ3n) is 2.43. The van der Waals surface area contributed by atoms with Crippen LogP contribution in [0.1, 0.15) is 10.6 Å². The molecule has 1 aromatic carbocycles. The Morgan fingerprint density at radius 1 is 1.26 bits per heavy atom. The summed E-state index contributed by atoms with van der Waals surface area (Å²) in [5.41, 5.74) is 1.34. The van der Waals surface area contributed by atoms with E-state index < -0.39 is 5.91 Å². The lowest BCUT2D eigenvalue weighted by Gasteiger charge is -2.06. The van der Waals surface area contributed by atoms with E-state index in [0.29, 0.717) is 26.8 Å². The number of hydrogen-bond donors (Lipinski definition) is 1. The number of halogens is 2. The molecular weight excluding hydrogens is 309 g/mol. The SMILES string of the molecule is O=C(Nc1c(Cl)cc(Cl)c2nsnc12)c1ccco1. The molecule has 3 rings (SSSR count). The molecule has 0 saturated carbocycles. The summed E-state index contributed by atoms with van der Waals surface area (Å²) in [5, 5.41) is 3.34. The smallest absolute Gasteiger partial charge is 0.291 e. The van der Waals surface area contributed by atoms with Gasteiger partial charge in [0.25, 0.3) is 5.91 Å². The quantitative estimate of drug-likeness (QED) is 0.780. The molecule has 5 nitrogen and oxygen atoms in total. The van der Waals surface area contributed by atoms with Crippen molar-refractivity contribution in [2.75, 3.05) is 5.32 Å². The van der Waals surface area contributed by atoms with Gasteiger partial charge in [0.05, 0.1) is 33.7 Å². The van der Waals surface area contributed by atoms with Crippen LogP contribution in [0.2, 0.25) is 10.0 Å². The second-order valence-electron chi connectivity index (χ2n) is 3.61. The molecule has 96 valence electrons. The number of furan rings is 1. The molecule has 0 aliphatic heterocycles. The molecule has 0 aliphatic rings. The first kappa shape index (κ1) is 12.4. The van der Waals surface area contributed by atoms with Crippen molar-refractivity contribution in [3.05, 3.63) is 40.3 Å². The van der Waals surface area contributed by atoms with Crippen molar-refractivity contribution in [1.82, 2.24) is 8.75 Å². The molecule has 0 bridgehead atoms. The van der Waals surface area contributed by atoms with E-state index in [-0.39, 0.29) is 5.76 Å². The third kappa shape index (κ3) is 2.18. The fourth-order valence-electron chi connectivity index (χ4n) is 1.58. The minimum absolute atomic E-state index is 0.183. The number of nitrogens with zero attached hydrogens (tertiary/aromatic N) is 2. The topological polar surface area (TPSA) is 68.0 Å². The molecule has 0 aliphatic carbocycles. The first-order chi connectivity index (χ1) is 9.16. The van der Waals surface area contributed by atoms with E-state index in [1.807, 2.05) is 0 Å². The van der Waals surface area contributed by atoms with Gasteiger partial charge in [0.15, 0.2) is 5.76 Å². The van der Waals surface area contributed by atoms with E-state index >= 15 is 0 Å². The van der Waals surface area contributed by atoms with Crippen molar-refractivity contribution in [1.29, 1.82) is 0 Å². The lowest BCUT2D eigenvalue weighted by Crippen LogP contribution is -2.11. The van der Waals surface area contributed by atoms with E-state index in [2.05, 4.69) is 14.1 Å². The van der Waals surface area contributed by atoms with Crippen LogP contribution in [0.3, 0.4) is 0 Å². The van der Waals surface area contributed by atoms with Crippen molar-refractivity contribution >= 4 is 57.6 Å². The van der Waals surface area contributed by atoms with Crippen LogP contribution in [0, 0.1) is 0 Å². The van der Waals surface area contributed by atoms with Gasteiger partial charge in [-0.05, 0) is 18.2 Å². The number of carbonyl (C=O) groups is 1. The van der Waals surface area contributed by atoms with Gasteiger partial charge in [-0.2, -0.15) is 8.75 Å². The van der Waals surface area contributed by atoms with Gasteiger partial charge in [-0.25, -0.2) is 0 Å². The summed E-state index contributed by atoms with van der Waals surface area (Å²) >= 11 is 13.1. The lowest BCUT2D eigenvalue weighted by atomic mass is 10.2. The highest BCUT2D eigenvalue weighted by Gasteiger charge is 2.17. The van der Waals surface area contributed by atoms with Gasteiger partial charge in [0.1, 0.15) is 11.0 Å². The number of amides is 1. The Balaban J connectivity index is 2.06. The molecule has 0 atom stereocenters. The number of rotatable bonds is 2. The molecule has 1 amide bonds. The predicted octanol–water partition coefficient (Wildman–Crippen LogP) is 3.84. The fourth-order valence-corrected chi connectivity index (χ4v) is 2.74. The number of fused-ring (bicyclic) bond motifs is 1. The molecule has 2 heterocycles. The van der Waals surface area contributed by atoms with Gasteiger partial charge < -0.3 is 9.73 Å². The highest BCUT2D eigenvalue weighted by molar-refractivity contribution is 7.00. The van der Waals surface area contributed by atoms with Crippen LogP contribution in [0.25, 0.3) is 11.0 Å². The summed E-state index contributed by atoms with van der Waals surface area (Å²) in [7, 11) is 0. The van der Waals surface area contributed by atoms with E-state index in [1.165, 1.54) is 12.3 Å². The van der Waals surface area contributed by atoms with Crippen LogP contribution < -0.4 is 5.32 Å². The third-order valence-corrected chi connectivity index (χ3v) is 3.54. The largest absolute Gasteiger partial charge is 0.459 e. The zero-order valence-corrected chi connectivity index (χ0v) is 11.5. The van der Waals surface area contributed by atoms with Crippen LogP contribution >= 0.6 is 34.9 Å². The molecule has 0 saturated heterocycles. The lowest BCUT2D eigenvalue weighted by molar-refractivity contribution is 0.0997. The van der Waals surface area contributed by atoms with Crippen LogP contribution in [0.4, 0.5) is 5.69 Å². The zero-order valence-electron chi connectivity index (χ0n) is 9.18. The van der Waals surface area contributed by atoms with Gasteiger partial charge in [-0.1, -0.05) is 23.2 Å². The fraction of sp³-hybridized carbons (Fsp3) is 0. The standard InChI is InChI=1S/C11H5Cl2N3O2S/c12-5-4-6(13)9-10(16-19-15-9)8(5)14-11(17)7-2-1-3-18-7/h1-4H,(H,14,17). The second kappa shape index (κ2) is 4.80. The molecule has 0 radical (unpaired) electrons. The number of anilines is 1. The summed E-state index contributed by atoms with van der Waals surface area (Å²) < 4.78 is 13.2. The van der Waals surface area contributed by atoms with Gasteiger partial charge in [0.2, 0.25) is 0 Å². The van der Waals surface area contributed by atoms with E-state index in [9.17, 15) is 4.79 Å². The molecule has 19 heavy (non-hydrogen) atoms. The first-order valence-electron chi connectivity index (χ1n) is 5.12. The van der Waals surface area contributed by atoms with Gasteiger partial charge in [-0.3, -0.25) is 4.79 Å². The Bertz CT molecular complexity index is 755. The minimum Gasteiger partial charge on any atom is -0.459 e. The summed E-state index contributed by atoms with van der Waals surface area (Å²) in [6.45, 7) is 0. The average molecular weight is 314 g/mol. The van der Waals surface area contributed by atoms with Gasteiger partial charge in [0, 0.05) is 0 Å². The van der Waals surface area contributed by atoms with Crippen molar-refractivity contribution in [3.8, 4) is 0 Å². The molecule has 0 unspecified atom stereocenters. The summed E-state index contributed by atoms with van der Waals surface area (Å²) in [4.78, 5) is 11.9. The average Bonchev–Trinajstić information content (AvgIpc) is 3.04. The monoisotopic (exact) mass is 313 g/mol. The molecule has 3 aromatic rings. The van der Waals surface area contributed by atoms with Gasteiger partial charge in [-0.15, -0.1) is 0 Å². The maximum Gasteiger partial charge on any atom is 0.291 e. The maximum absolute atomic E-state index is 11.9. The molecule has 0 spiro atoms. The van der Waals surface area contributed by atoms with Crippen molar-refractivity contribution in [3.63, 3.8) is 0 Å². The number of nitrogens with one attached hydrogen (secondary N) is 1. The maximum atomic E-state index is 11.9. The Morgan fingerprint density at radius 3 is 2.79 bits per heavy atom. The molecular formula is C11H5Cl2N3O2S. The Kier molecular flexibility index (Phi) is 3.14. The summed E-state index contributed by atoms with van der Waals surface area (Å²) in [6.07, 6.45) is 1.42. The van der Waals surface area contributed by atoms with E-state index in [4.69, 9.17) is 27.6 Å². The van der Waals surface area contributed by atoms with Crippen molar-refractivity contribution in [2.24, 2.45) is 0 Å². The highest BCUT2D eigenvalue weighted by Crippen LogP contribution is 2.35. The normalized spacial score (nSPS) is 10.8. The number of aromatic nitrogens is 2. The number of benzene rings is 1. The van der Waals surface area contributed by atoms with Crippen molar-refractivity contribution in [2.45, 2.75) is 0 Å². The van der Waals surface area contributed by atoms with Crippen LogP contribution in [-0.2, 0) is 0 Å². The predicted molar refractivity (Wildman–Crippen MR) is 74.1 cm³/mol. The van der Waals surface area contributed by atoms with Crippen LogP contribution in [-0.4, -0.2) is 14.7 Å². The number of carbonyl (C=O) groups excluding carboxylic acids is 1. The summed E-state index contributed by atoms with van der Waals surface area (Å²) in [5.74, 6) is -0.231.